The molecule has 2 aromatic carbocycles. The van der Waals surface area contributed by atoms with Crippen LogP contribution < -0.4 is 15.4 Å². The predicted octanol–water partition coefficient (Wildman–Crippen LogP) is 3.75. The fourth-order valence-electron chi connectivity index (χ4n) is 5.12. The van der Waals surface area contributed by atoms with Crippen LogP contribution in [0.3, 0.4) is 0 Å². The van der Waals surface area contributed by atoms with Gasteiger partial charge in [0.25, 0.3) is 11.8 Å². The van der Waals surface area contributed by atoms with Gasteiger partial charge in [0.15, 0.2) is 17.5 Å². The molecular weight excluding hydrogens is 558 g/mol. The SMILES string of the molecule is CC(=O)c1csc(NC(=O)[C@H]([C@@H](C)c2ccccc2)N2C(=O)NC(c3ccc(OCC(=O)N4CCCC4)cc3)C2=O)n1. The number of rotatable bonds is 10. The van der Waals surface area contributed by atoms with E-state index < -0.39 is 35.8 Å². The summed E-state index contributed by atoms with van der Waals surface area (Å²) in [6.45, 7) is 4.55. The second-order valence-electron chi connectivity index (χ2n) is 10.3. The van der Waals surface area contributed by atoms with Crippen molar-refractivity contribution in [3.05, 3.63) is 76.8 Å². The third kappa shape index (κ3) is 6.18. The first kappa shape index (κ1) is 28.9. The number of hydrogen-bond acceptors (Lipinski definition) is 8. The summed E-state index contributed by atoms with van der Waals surface area (Å²) in [6, 6.07) is 12.8. The number of likely N-dealkylation sites (tertiary alicyclic amines) is 1. The van der Waals surface area contributed by atoms with Gasteiger partial charge in [-0.2, -0.15) is 0 Å². The Morgan fingerprint density at radius 3 is 2.40 bits per heavy atom. The van der Waals surface area contributed by atoms with Crippen LogP contribution in [0.1, 0.15) is 60.3 Å². The van der Waals surface area contributed by atoms with E-state index in [4.69, 9.17) is 4.74 Å². The van der Waals surface area contributed by atoms with Gasteiger partial charge in [-0.3, -0.25) is 19.2 Å². The monoisotopic (exact) mass is 589 g/mol. The highest BCUT2D eigenvalue weighted by atomic mass is 32.1. The molecule has 218 valence electrons. The average molecular weight is 590 g/mol. The quantitative estimate of drug-likeness (QED) is 0.271. The largest absolute Gasteiger partial charge is 0.484 e. The number of urea groups is 1. The minimum atomic E-state index is -1.20. The fourth-order valence-corrected chi connectivity index (χ4v) is 5.87. The minimum Gasteiger partial charge on any atom is -0.484 e. The van der Waals surface area contributed by atoms with Crippen LogP contribution in [-0.2, 0) is 14.4 Å². The van der Waals surface area contributed by atoms with Gasteiger partial charge < -0.3 is 20.3 Å². The van der Waals surface area contributed by atoms with Crippen LogP contribution >= 0.6 is 11.3 Å². The first-order chi connectivity index (χ1) is 20.2. The molecule has 3 heterocycles. The Morgan fingerprint density at radius 2 is 1.76 bits per heavy atom. The van der Waals surface area contributed by atoms with Crippen molar-refractivity contribution in [1.82, 2.24) is 20.1 Å². The maximum absolute atomic E-state index is 13.7. The molecule has 12 heteroatoms. The molecule has 2 fully saturated rings. The van der Waals surface area contributed by atoms with Crippen LogP contribution in [0.5, 0.6) is 5.75 Å². The molecule has 1 unspecified atom stereocenters. The molecule has 2 aliphatic heterocycles. The van der Waals surface area contributed by atoms with Crippen molar-refractivity contribution in [3.63, 3.8) is 0 Å². The van der Waals surface area contributed by atoms with E-state index in [9.17, 15) is 24.0 Å². The Morgan fingerprint density at radius 1 is 1.07 bits per heavy atom. The van der Waals surface area contributed by atoms with Crippen molar-refractivity contribution in [2.45, 2.75) is 44.7 Å². The van der Waals surface area contributed by atoms with E-state index in [1.807, 2.05) is 30.3 Å². The number of aromatic nitrogens is 1. The van der Waals surface area contributed by atoms with Crippen LogP contribution in [0, 0.1) is 0 Å². The highest BCUT2D eigenvalue weighted by Gasteiger charge is 2.47. The molecule has 0 spiro atoms. The Balaban J connectivity index is 1.33. The lowest BCUT2D eigenvalue weighted by molar-refractivity contribution is -0.134. The summed E-state index contributed by atoms with van der Waals surface area (Å²) in [4.78, 5) is 71.5. The smallest absolute Gasteiger partial charge is 0.325 e. The number of Topliss-reactive ketones (excluding diaryl/α,β-unsaturated/α-hetero) is 1. The second-order valence-corrected chi connectivity index (χ2v) is 11.1. The number of imide groups is 1. The number of ether oxygens (including phenoxy) is 1. The first-order valence-electron chi connectivity index (χ1n) is 13.7. The molecule has 3 aromatic rings. The number of hydrogen-bond donors (Lipinski definition) is 2. The maximum atomic E-state index is 13.7. The van der Waals surface area contributed by atoms with Gasteiger partial charge in [-0.15, -0.1) is 11.3 Å². The number of anilines is 1. The number of carbonyl (C=O) groups is 5. The molecule has 1 aromatic heterocycles. The number of benzene rings is 2. The number of amides is 5. The molecule has 11 nitrogen and oxygen atoms in total. The zero-order valence-electron chi connectivity index (χ0n) is 23.2. The van der Waals surface area contributed by atoms with Gasteiger partial charge in [0, 0.05) is 31.3 Å². The van der Waals surface area contributed by atoms with Crippen molar-refractivity contribution in [1.29, 1.82) is 0 Å². The Labute approximate surface area is 246 Å². The maximum Gasteiger partial charge on any atom is 0.325 e. The highest BCUT2D eigenvalue weighted by molar-refractivity contribution is 7.14. The summed E-state index contributed by atoms with van der Waals surface area (Å²) < 4.78 is 5.64. The molecule has 2 N–H and O–H groups in total. The molecule has 0 bridgehead atoms. The first-order valence-corrected chi connectivity index (χ1v) is 14.6. The van der Waals surface area contributed by atoms with E-state index in [-0.39, 0.29) is 29.1 Å². The van der Waals surface area contributed by atoms with Gasteiger partial charge in [-0.1, -0.05) is 49.4 Å². The van der Waals surface area contributed by atoms with Gasteiger partial charge in [-0.05, 0) is 36.1 Å². The molecule has 2 saturated heterocycles. The number of carbonyl (C=O) groups excluding carboxylic acids is 5. The van der Waals surface area contributed by atoms with E-state index >= 15 is 0 Å². The second kappa shape index (κ2) is 12.5. The van der Waals surface area contributed by atoms with Crippen molar-refractivity contribution in [2.75, 3.05) is 25.0 Å². The van der Waals surface area contributed by atoms with Gasteiger partial charge >= 0.3 is 6.03 Å². The summed E-state index contributed by atoms with van der Waals surface area (Å²) in [5, 5.41) is 7.11. The van der Waals surface area contributed by atoms with Crippen LogP contribution in [-0.4, -0.2) is 70.1 Å². The van der Waals surface area contributed by atoms with Crippen molar-refractivity contribution < 1.29 is 28.7 Å². The minimum absolute atomic E-state index is 0.0717. The van der Waals surface area contributed by atoms with E-state index in [0.29, 0.717) is 11.3 Å². The van der Waals surface area contributed by atoms with E-state index in [0.717, 1.165) is 47.7 Å². The number of nitrogens with zero attached hydrogens (tertiary/aromatic N) is 3. The van der Waals surface area contributed by atoms with Crippen LogP contribution in [0.15, 0.2) is 60.0 Å². The standard InChI is InChI=1S/C30H31N5O6S/c1-18(20-8-4-3-5-9-20)26(27(38)33-29-31-23(17-42-29)19(2)36)35-28(39)25(32-30(35)40)21-10-12-22(13-11-21)41-16-24(37)34-14-6-7-15-34/h3-5,8-13,17-18,25-26H,6-7,14-16H2,1-2H3,(H,32,40)(H,31,33,38)/t18-,25?,26-/m0/s1. The van der Waals surface area contributed by atoms with Crippen molar-refractivity contribution in [2.24, 2.45) is 0 Å². The average Bonchev–Trinajstić information content (AvgIpc) is 3.75. The number of nitrogens with one attached hydrogen (secondary N) is 2. The normalized spacial score (nSPS) is 18.0. The molecule has 3 atom stereocenters. The van der Waals surface area contributed by atoms with Crippen molar-refractivity contribution >= 4 is 46.0 Å². The Kier molecular flexibility index (Phi) is 8.62. The molecule has 0 aliphatic carbocycles. The van der Waals surface area contributed by atoms with Gasteiger partial charge in [0.2, 0.25) is 5.91 Å². The van der Waals surface area contributed by atoms with Crippen molar-refractivity contribution in [3.8, 4) is 5.75 Å². The Bertz CT molecular complexity index is 1490. The lowest BCUT2D eigenvalue weighted by Crippen LogP contribution is -2.50. The third-order valence-corrected chi connectivity index (χ3v) is 8.20. The predicted molar refractivity (Wildman–Crippen MR) is 155 cm³/mol. The summed E-state index contributed by atoms with van der Waals surface area (Å²) in [5.41, 5.74) is 1.48. The molecule has 5 amide bonds. The fraction of sp³-hybridized carbons (Fsp3) is 0.333. The van der Waals surface area contributed by atoms with Crippen LogP contribution in [0.25, 0.3) is 0 Å². The lowest BCUT2D eigenvalue weighted by atomic mass is 9.91. The summed E-state index contributed by atoms with van der Waals surface area (Å²) in [5.74, 6) is -1.60. The molecule has 42 heavy (non-hydrogen) atoms. The summed E-state index contributed by atoms with van der Waals surface area (Å²) in [7, 11) is 0. The molecule has 5 rings (SSSR count). The van der Waals surface area contributed by atoms with E-state index in [2.05, 4.69) is 15.6 Å². The molecule has 0 saturated carbocycles. The summed E-state index contributed by atoms with van der Waals surface area (Å²) in [6.07, 6.45) is 1.99. The third-order valence-electron chi connectivity index (χ3n) is 7.45. The van der Waals surface area contributed by atoms with Crippen LogP contribution in [0.4, 0.5) is 9.93 Å². The topological polar surface area (TPSA) is 138 Å². The molecule has 2 aliphatic rings. The number of ketones is 1. The van der Waals surface area contributed by atoms with Gasteiger partial charge in [0.05, 0.1) is 0 Å². The number of thiazole rings is 1. The molecule has 0 radical (unpaired) electrons. The van der Waals surface area contributed by atoms with Crippen LogP contribution in [0.2, 0.25) is 0 Å². The van der Waals surface area contributed by atoms with E-state index in [1.54, 1.807) is 36.1 Å². The zero-order valence-corrected chi connectivity index (χ0v) is 24.1. The Hall–Kier alpha value is -4.58. The van der Waals surface area contributed by atoms with Gasteiger partial charge in [0.1, 0.15) is 23.5 Å². The summed E-state index contributed by atoms with van der Waals surface area (Å²) >= 11 is 1.08. The van der Waals surface area contributed by atoms with Gasteiger partial charge in [-0.25, -0.2) is 14.7 Å². The highest BCUT2D eigenvalue weighted by Crippen LogP contribution is 2.32. The lowest BCUT2D eigenvalue weighted by Gasteiger charge is -2.29. The van der Waals surface area contributed by atoms with E-state index in [1.165, 1.54) is 12.3 Å². The molecular formula is C30H31N5O6S. The zero-order chi connectivity index (χ0) is 29.8.